The van der Waals surface area contributed by atoms with Crippen LogP contribution >= 0.6 is 11.6 Å². The van der Waals surface area contributed by atoms with E-state index >= 15 is 0 Å². The summed E-state index contributed by atoms with van der Waals surface area (Å²) in [6, 6.07) is 0. The molecule has 1 aliphatic rings. The Morgan fingerprint density at radius 2 is 2.47 bits per heavy atom. The van der Waals surface area contributed by atoms with Crippen LogP contribution in [-0.4, -0.2) is 42.3 Å². The van der Waals surface area contributed by atoms with Crippen LogP contribution in [0.1, 0.15) is 12.8 Å². The van der Waals surface area contributed by atoms with Gasteiger partial charge in [0.1, 0.15) is 5.54 Å². The summed E-state index contributed by atoms with van der Waals surface area (Å²) in [6.07, 6.45) is 0.754. The Bertz CT molecular complexity index is 269. The molecule has 1 unspecified atom stereocenters. The number of carboxylic acids is 1. The Hall–Kier alpha value is -0.580. The van der Waals surface area contributed by atoms with Crippen molar-refractivity contribution in [2.24, 2.45) is 0 Å². The molecule has 1 rings (SSSR count). The van der Waals surface area contributed by atoms with Crippen LogP contribution in [-0.2, 0) is 9.53 Å². The van der Waals surface area contributed by atoms with E-state index in [2.05, 4.69) is 11.9 Å². The summed E-state index contributed by atoms with van der Waals surface area (Å²) < 4.78 is 5.14. The largest absolute Gasteiger partial charge is 0.480 e. The quantitative estimate of drug-likeness (QED) is 0.550. The van der Waals surface area contributed by atoms with Crippen LogP contribution in [0.15, 0.2) is 12.2 Å². The molecule has 2 atom stereocenters. The first kappa shape index (κ1) is 12.5. The third-order valence-electron chi connectivity index (χ3n) is 2.73. The van der Waals surface area contributed by atoms with E-state index in [1.165, 1.54) is 0 Å². The summed E-state index contributed by atoms with van der Waals surface area (Å²) in [7, 11) is 1.58. The maximum Gasteiger partial charge on any atom is 0.324 e. The SMILES string of the molecule is C=C(CCl)CC1(C(=O)O)C[C@@H](OC)CN1. The summed E-state index contributed by atoms with van der Waals surface area (Å²) in [4.78, 5) is 11.2. The zero-order chi connectivity index (χ0) is 11.5. The van der Waals surface area contributed by atoms with Crippen molar-refractivity contribution < 1.29 is 14.6 Å². The first-order valence-corrected chi connectivity index (χ1v) is 5.31. The molecule has 2 N–H and O–H groups in total. The minimum absolute atomic E-state index is 0.0516. The van der Waals surface area contributed by atoms with Gasteiger partial charge in [-0.3, -0.25) is 10.1 Å². The normalized spacial score (nSPS) is 30.4. The average molecular weight is 234 g/mol. The van der Waals surface area contributed by atoms with Crippen molar-refractivity contribution in [2.45, 2.75) is 24.5 Å². The van der Waals surface area contributed by atoms with Gasteiger partial charge in [-0.15, -0.1) is 11.6 Å². The zero-order valence-corrected chi connectivity index (χ0v) is 9.51. The van der Waals surface area contributed by atoms with Gasteiger partial charge >= 0.3 is 5.97 Å². The highest BCUT2D eigenvalue weighted by molar-refractivity contribution is 6.19. The molecule has 1 heterocycles. The summed E-state index contributed by atoms with van der Waals surface area (Å²) in [6.45, 7) is 4.29. The third kappa shape index (κ3) is 2.71. The number of alkyl halides is 1. The fourth-order valence-corrected chi connectivity index (χ4v) is 1.95. The Kier molecular flexibility index (Phi) is 4.13. The minimum Gasteiger partial charge on any atom is -0.480 e. The number of carboxylic acid groups (broad SMARTS) is 1. The lowest BCUT2D eigenvalue weighted by Gasteiger charge is -2.24. The van der Waals surface area contributed by atoms with Crippen molar-refractivity contribution in [3.63, 3.8) is 0 Å². The first-order valence-electron chi connectivity index (χ1n) is 4.78. The molecule has 1 saturated heterocycles. The molecule has 0 spiro atoms. The number of carbonyl (C=O) groups is 1. The molecule has 15 heavy (non-hydrogen) atoms. The van der Waals surface area contributed by atoms with Crippen molar-refractivity contribution in [1.82, 2.24) is 5.32 Å². The van der Waals surface area contributed by atoms with Gasteiger partial charge in [0.05, 0.1) is 6.10 Å². The molecule has 86 valence electrons. The van der Waals surface area contributed by atoms with Gasteiger partial charge in [-0.1, -0.05) is 12.2 Å². The Balaban J connectivity index is 2.73. The van der Waals surface area contributed by atoms with Crippen LogP contribution < -0.4 is 5.32 Å². The third-order valence-corrected chi connectivity index (χ3v) is 3.11. The summed E-state index contributed by atoms with van der Waals surface area (Å²) in [5.74, 6) is -0.581. The predicted octanol–water partition coefficient (Wildman–Crippen LogP) is 1.00. The predicted molar refractivity (Wildman–Crippen MR) is 58.3 cm³/mol. The van der Waals surface area contributed by atoms with E-state index in [4.69, 9.17) is 16.3 Å². The number of hydrogen-bond acceptors (Lipinski definition) is 3. The number of methoxy groups -OCH3 is 1. The number of nitrogens with one attached hydrogen (secondary N) is 1. The van der Waals surface area contributed by atoms with Gasteiger partial charge in [-0.2, -0.15) is 0 Å². The number of halogens is 1. The summed E-state index contributed by atoms with van der Waals surface area (Å²) in [5, 5.41) is 12.2. The second kappa shape index (κ2) is 4.96. The van der Waals surface area contributed by atoms with Crippen LogP contribution in [0.4, 0.5) is 0 Å². The van der Waals surface area contributed by atoms with Crippen LogP contribution in [0.3, 0.4) is 0 Å². The minimum atomic E-state index is -0.952. The second-order valence-corrected chi connectivity index (χ2v) is 4.16. The van der Waals surface area contributed by atoms with E-state index in [0.717, 1.165) is 5.57 Å². The highest BCUT2D eigenvalue weighted by atomic mass is 35.5. The molecular formula is C10H16ClNO3. The molecule has 1 fully saturated rings. The average Bonchev–Trinajstić information content (AvgIpc) is 2.62. The molecule has 0 saturated carbocycles. The first-order chi connectivity index (χ1) is 7.04. The Labute approximate surface area is 94.3 Å². The van der Waals surface area contributed by atoms with Crippen LogP contribution in [0.25, 0.3) is 0 Å². The van der Waals surface area contributed by atoms with E-state index in [1.54, 1.807) is 7.11 Å². The summed E-state index contributed by atoms with van der Waals surface area (Å²) >= 11 is 5.62. The van der Waals surface area contributed by atoms with Crippen molar-refractivity contribution in [1.29, 1.82) is 0 Å². The Morgan fingerprint density at radius 1 is 1.80 bits per heavy atom. The van der Waals surface area contributed by atoms with Crippen molar-refractivity contribution >= 4 is 17.6 Å². The van der Waals surface area contributed by atoms with Gasteiger partial charge in [0.2, 0.25) is 0 Å². The molecule has 1 aliphatic heterocycles. The maximum absolute atomic E-state index is 11.2. The molecule has 0 aromatic rings. The molecular weight excluding hydrogens is 218 g/mol. The Morgan fingerprint density at radius 3 is 2.87 bits per heavy atom. The lowest BCUT2D eigenvalue weighted by atomic mass is 9.89. The standard InChI is InChI=1S/C10H16ClNO3/c1-7(5-11)3-10(9(13)14)4-8(15-2)6-12-10/h8,12H,1,3-6H2,2H3,(H,13,14)/t8-,10?/m1/s1. The molecule has 0 aromatic heterocycles. The number of ether oxygens (including phenoxy) is 1. The molecule has 0 amide bonds. The molecule has 0 aliphatic carbocycles. The van der Waals surface area contributed by atoms with Crippen molar-refractivity contribution in [3.05, 3.63) is 12.2 Å². The van der Waals surface area contributed by atoms with Gasteiger partial charge in [-0.25, -0.2) is 0 Å². The smallest absolute Gasteiger partial charge is 0.324 e. The van der Waals surface area contributed by atoms with E-state index in [-0.39, 0.29) is 12.0 Å². The fourth-order valence-electron chi connectivity index (χ4n) is 1.86. The van der Waals surface area contributed by atoms with Gasteiger partial charge in [-0.05, 0) is 6.42 Å². The van der Waals surface area contributed by atoms with Gasteiger partial charge < -0.3 is 9.84 Å². The van der Waals surface area contributed by atoms with Crippen LogP contribution in [0.5, 0.6) is 0 Å². The van der Waals surface area contributed by atoms with E-state index in [9.17, 15) is 9.90 Å². The van der Waals surface area contributed by atoms with Crippen molar-refractivity contribution in [3.8, 4) is 0 Å². The molecule has 5 heteroatoms. The highest BCUT2D eigenvalue weighted by Gasteiger charge is 2.45. The van der Waals surface area contributed by atoms with E-state index < -0.39 is 11.5 Å². The lowest BCUT2D eigenvalue weighted by Crippen LogP contribution is -2.47. The number of rotatable bonds is 5. The monoisotopic (exact) mass is 233 g/mol. The van der Waals surface area contributed by atoms with Crippen LogP contribution in [0, 0.1) is 0 Å². The molecule has 0 radical (unpaired) electrons. The molecule has 4 nitrogen and oxygen atoms in total. The fraction of sp³-hybridized carbons (Fsp3) is 0.700. The van der Waals surface area contributed by atoms with Crippen molar-refractivity contribution in [2.75, 3.05) is 19.5 Å². The van der Waals surface area contributed by atoms with Gasteiger partial charge in [0.25, 0.3) is 0 Å². The van der Waals surface area contributed by atoms with Crippen LogP contribution in [0.2, 0.25) is 0 Å². The number of aliphatic carboxylic acids is 1. The maximum atomic E-state index is 11.2. The van der Waals surface area contributed by atoms with Gasteiger partial charge in [0, 0.05) is 26.0 Å². The second-order valence-electron chi connectivity index (χ2n) is 3.89. The lowest BCUT2D eigenvalue weighted by molar-refractivity contribution is -0.144. The van der Waals surface area contributed by atoms with E-state index in [1.807, 2.05) is 0 Å². The zero-order valence-electron chi connectivity index (χ0n) is 8.75. The number of hydrogen-bond donors (Lipinski definition) is 2. The van der Waals surface area contributed by atoms with E-state index in [0.29, 0.717) is 19.4 Å². The highest BCUT2D eigenvalue weighted by Crippen LogP contribution is 2.28. The van der Waals surface area contributed by atoms with Gasteiger partial charge in [0.15, 0.2) is 0 Å². The molecule has 0 aromatic carbocycles. The molecule has 0 bridgehead atoms. The topological polar surface area (TPSA) is 58.6 Å². The summed E-state index contributed by atoms with van der Waals surface area (Å²) in [5.41, 5.74) is -0.226.